The van der Waals surface area contributed by atoms with Gasteiger partial charge in [0.1, 0.15) is 28.8 Å². The van der Waals surface area contributed by atoms with Gasteiger partial charge in [0.2, 0.25) is 0 Å². The van der Waals surface area contributed by atoms with Crippen molar-refractivity contribution in [3.63, 3.8) is 0 Å². The molecule has 0 atom stereocenters. The van der Waals surface area contributed by atoms with E-state index in [2.05, 4.69) is 10.4 Å². The van der Waals surface area contributed by atoms with Crippen molar-refractivity contribution in [3.8, 4) is 11.5 Å². The van der Waals surface area contributed by atoms with E-state index in [0.717, 1.165) is 17.7 Å². The first-order valence-corrected chi connectivity index (χ1v) is 9.67. The molecule has 0 spiro atoms. The number of carbonyl (C=O) groups is 1. The summed E-state index contributed by atoms with van der Waals surface area (Å²) in [7, 11) is 0. The summed E-state index contributed by atoms with van der Waals surface area (Å²) >= 11 is 5.91. The van der Waals surface area contributed by atoms with Gasteiger partial charge in [-0.2, -0.15) is 5.10 Å². The summed E-state index contributed by atoms with van der Waals surface area (Å²) in [5, 5.41) is 7.04. The Morgan fingerprint density at radius 1 is 0.968 bits per heavy atom. The van der Waals surface area contributed by atoms with E-state index in [0.29, 0.717) is 23.1 Å². The summed E-state index contributed by atoms with van der Waals surface area (Å²) in [6.07, 6.45) is 1.60. The minimum atomic E-state index is -0.860. The van der Waals surface area contributed by atoms with E-state index in [1.807, 2.05) is 24.3 Å². The van der Waals surface area contributed by atoms with Crippen LogP contribution in [0.3, 0.4) is 0 Å². The molecule has 0 fully saturated rings. The Bertz CT molecular complexity index is 1210. The second-order valence-corrected chi connectivity index (χ2v) is 7.05. The van der Waals surface area contributed by atoms with Gasteiger partial charge in [0.25, 0.3) is 5.91 Å². The lowest BCUT2D eigenvalue weighted by molar-refractivity contribution is 0.102. The zero-order valence-electron chi connectivity index (χ0n) is 16.1. The average Bonchev–Trinajstić information content (AvgIpc) is 3.22. The third-order valence-electron chi connectivity index (χ3n) is 4.42. The molecule has 1 N–H and O–H groups in total. The van der Waals surface area contributed by atoms with Crippen LogP contribution in [0.2, 0.25) is 5.02 Å². The van der Waals surface area contributed by atoms with E-state index in [4.69, 9.17) is 16.3 Å². The predicted molar refractivity (Wildman–Crippen MR) is 114 cm³/mol. The summed E-state index contributed by atoms with van der Waals surface area (Å²) in [6, 6.07) is 19.2. The maximum Gasteiger partial charge on any atom is 0.276 e. The molecule has 4 aromatic rings. The van der Waals surface area contributed by atoms with Gasteiger partial charge in [0.05, 0.1) is 6.54 Å². The molecule has 5 nitrogen and oxygen atoms in total. The number of nitrogens with one attached hydrogen (secondary N) is 1. The number of ether oxygens (including phenoxy) is 1. The zero-order valence-corrected chi connectivity index (χ0v) is 16.8. The molecule has 0 saturated heterocycles. The molecule has 1 heterocycles. The molecular formula is C23H16ClF2N3O2. The number of carbonyl (C=O) groups excluding carboxylic acids is 1. The number of amides is 1. The van der Waals surface area contributed by atoms with Crippen LogP contribution in [0.15, 0.2) is 79.0 Å². The Morgan fingerprint density at radius 3 is 2.42 bits per heavy atom. The highest BCUT2D eigenvalue weighted by atomic mass is 35.5. The summed E-state index contributed by atoms with van der Waals surface area (Å²) in [4.78, 5) is 12.4. The van der Waals surface area contributed by atoms with Crippen LogP contribution in [0.1, 0.15) is 16.1 Å². The van der Waals surface area contributed by atoms with Crippen molar-refractivity contribution in [2.24, 2.45) is 0 Å². The fourth-order valence-electron chi connectivity index (χ4n) is 2.90. The van der Waals surface area contributed by atoms with Gasteiger partial charge >= 0.3 is 0 Å². The first-order chi connectivity index (χ1) is 15.0. The summed E-state index contributed by atoms with van der Waals surface area (Å²) in [5.41, 5.74) is 0.343. The molecule has 0 bridgehead atoms. The van der Waals surface area contributed by atoms with Gasteiger partial charge in [-0.1, -0.05) is 35.9 Å². The first kappa shape index (κ1) is 20.6. The lowest BCUT2D eigenvalue weighted by Crippen LogP contribution is -2.15. The SMILES string of the molecule is O=C(Nc1c(F)cccc1F)c1ccn(Cc2ccccc2Oc2ccc(Cl)cc2)n1. The van der Waals surface area contributed by atoms with E-state index >= 15 is 0 Å². The molecule has 8 heteroatoms. The molecule has 31 heavy (non-hydrogen) atoms. The quantitative estimate of drug-likeness (QED) is 0.406. The second-order valence-electron chi connectivity index (χ2n) is 6.61. The molecule has 0 unspecified atom stereocenters. The van der Waals surface area contributed by atoms with Crippen LogP contribution in [0.5, 0.6) is 11.5 Å². The largest absolute Gasteiger partial charge is 0.457 e. The fourth-order valence-corrected chi connectivity index (χ4v) is 3.03. The Morgan fingerprint density at radius 2 is 1.68 bits per heavy atom. The average molecular weight is 440 g/mol. The number of hydrogen-bond donors (Lipinski definition) is 1. The number of rotatable bonds is 6. The lowest BCUT2D eigenvalue weighted by atomic mass is 10.2. The Labute approximate surface area is 181 Å². The maximum atomic E-state index is 13.8. The molecule has 3 aromatic carbocycles. The third-order valence-corrected chi connectivity index (χ3v) is 4.67. The van der Waals surface area contributed by atoms with Crippen LogP contribution in [-0.2, 0) is 6.54 Å². The van der Waals surface area contributed by atoms with E-state index < -0.39 is 23.2 Å². The highest BCUT2D eigenvalue weighted by Gasteiger charge is 2.16. The zero-order chi connectivity index (χ0) is 21.8. The summed E-state index contributed by atoms with van der Waals surface area (Å²) in [6.45, 7) is 0.325. The van der Waals surface area contributed by atoms with Crippen molar-refractivity contribution in [2.75, 3.05) is 5.32 Å². The van der Waals surface area contributed by atoms with E-state index in [9.17, 15) is 13.6 Å². The molecule has 4 rings (SSSR count). The minimum Gasteiger partial charge on any atom is -0.457 e. The first-order valence-electron chi connectivity index (χ1n) is 9.30. The van der Waals surface area contributed by atoms with Crippen LogP contribution in [0.25, 0.3) is 0 Å². The maximum absolute atomic E-state index is 13.8. The van der Waals surface area contributed by atoms with Crippen molar-refractivity contribution in [1.29, 1.82) is 0 Å². The molecule has 0 aliphatic carbocycles. The van der Waals surface area contributed by atoms with Crippen LogP contribution in [0, 0.1) is 11.6 Å². The number of anilines is 1. The van der Waals surface area contributed by atoms with Crippen LogP contribution in [0.4, 0.5) is 14.5 Å². The summed E-state index contributed by atoms with van der Waals surface area (Å²) < 4.78 is 35.0. The van der Waals surface area contributed by atoms with Crippen molar-refractivity contribution in [3.05, 3.63) is 107 Å². The van der Waals surface area contributed by atoms with Gasteiger partial charge in [-0.15, -0.1) is 0 Å². The van der Waals surface area contributed by atoms with E-state index in [1.54, 1.807) is 30.5 Å². The Hall–Kier alpha value is -3.71. The molecule has 0 aliphatic rings. The normalized spacial score (nSPS) is 10.7. The highest BCUT2D eigenvalue weighted by Crippen LogP contribution is 2.27. The number of para-hydroxylation sites is 2. The van der Waals surface area contributed by atoms with Crippen molar-refractivity contribution >= 4 is 23.2 Å². The lowest BCUT2D eigenvalue weighted by Gasteiger charge is -2.11. The number of hydrogen-bond acceptors (Lipinski definition) is 3. The molecule has 1 aromatic heterocycles. The molecular weight excluding hydrogens is 424 g/mol. The van der Waals surface area contributed by atoms with Crippen molar-refractivity contribution in [1.82, 2.24) is 9.78 Å². The van der Waals surface area contributed by atoms with Crippen LogP contribution < -0.4 is 10.1 Å². The second kappa shape index (κ2) is 8.97. The minimum absolute atomic E-state index is 0.0266. The Balaban J connectivity index is 1.49. The van der Waals surface area contributed by atoms with Gasteiger partial charge in [-0.3, -0.25) is 9.48 Å². The Kier molecular flexibility index (Phi) is 5.95. The standard InChI is InChI=1S/C23H16ClF2N3O2/c24-16-8-10-17(11-9-16)31-21-7-2-1-4-15(21)14-29-13-12-20(28-29)23(30)27-22-18(25)5-3-6-19(22)26/h1-13H,14H2,(H,27,30). The van der Waals surface area contributed by atoms with Crippen molar-refractivity contribution in [2.45, 2.75) is 6.54 Å². The smallest absolute Gasteiger partial charge is 0.276 e. The van der Waals surface area contributed by atoms with Crippen LogP contribution >= 0.6 is 11.6 Å². The topological polar surface area (TPSA) is 56.2 Å². The highest BCUT2D eigenvalue weighted by molar-refractivity contribution is 6.30. The molecule has 0 radical (unpaired) electrons. The molecule has 156 valence electrons. The number of halogens is 3. The molecule has 0 aliphatic heterocycles. The number of benzene rings is 3. The van der Waals surface area contributed by atoms with Gasteiger partial charge in [0, 0.05) is 16.8 Å². The summed E-state index contributed by atoms with van der Waals surface area (Å²) in [5.74, 6) is -1.18. The van der Waals surface area contributed by atoms with Crippen molar-refractivity contribution < 1.29 is 18.3 Å². The number of aromatic nitrogens is 2. The van der Waals surface area contributed by atoms with Crippen LogP contribution in [-0.4, -0.2) is 15.7 Å². The fraction of sp³-hybridized carbons (Fsp3) is 0.0435. The van der Waals surface area contributed by atoms with Gasteiger partial charge in [-0.05, 0) is 48.5 Å². The number of nitrogens with zero attached hydrogens (tertiary/aromatic N) is 2. The van der Waals surface area contributed by atoms with E-state index in [-0.39, 0.29) is 5.69 Å². The third kappa shape index (κ3) is 4.90. The van der Waals surface area contributed by atoms with Gasteiger partial charge < -0.3 is 10.1 Å². The molecule has 0 saturated carbocycles. The monoisotopic (exact) mass is 439 g/mol. The van der Waals surface area contributed by atoms with Gasteiger partial charge in [0.15, 0.2) is 5.69 Å². The predicted octanol–water partition coefficient (Wildman–Crippen LogP) is 5.91. The molecule has 1 amide bonds. The van der Waals surface area contributed by atoms with Gasteiger partial charge in [-0.25, -0.2) is 8.78 Å². The van der Waals surface area contributed by atoms with E-state index in [1.165, 1.54) is 16.8 Å².